The third-order valence-corrected chi connectivity index (χ3v) is 4.91. The maximum Gasteiger partial charge on any atom is 0.0701 e. The molecule has 1 unspecified atom stereocenters. The predicted octanol–water partition coefficient (Wildman–Crippen LogP) is 4.81. The molecule has 20 heavy (non-hydrogen) atoms. The van der Waals surface area contributed by atoms with E-state index in [0.717, 1.165) is 19.4 Å². The Balaban J connectivity index is 2.22. The molecule has 0 spiro atoms. The first-order chi connectivity index (χ1) is 9.60. The molecule has 0 amide bonds. The highest BCUT2D eigenvalue weighted by Crippen LogP contribution is 2.27. The largest absolute Gasteiger partial charge is 0.308 e. The number of nitrogens with zero attached hydrogens (tertiary/aromatic N) is 1. The minimum atomic E-state index is 0.293. The van der Waals surface area contributed by atoms with Crippen LogP contribution in [0.4, 0.5) is 0 Å². The maximum absolute atomic E-state index is 4.66. The summed E-state index contributed by atoms with van der Waals surface area (Å²) >= 11 is 5.34. The van der Waals surface area contributed by atoms with Gasteiger partial charge in [0.25, 0.3) is 0 Å². The molecular formula is C16H21BrN2S. The summed E-state index contributed by atoms with van der Waals surface area (Å²) in [5.74, 6) is 0. The van der Waals surface area contributed by atoms with E-state index >= 15 is 0 Å². The standard InChI is InChI=1S/C16H21BrN2S/c1-4-7-18-14(9-13-5-6-15(17)20-13)16-12(3)8-11(2)10-19-16/h5-6,8,10,14,18H,4,7,9H2,1-3H3. The van der Waals surface area contributed by atoms with Crippen molar-refractivity contribution < 1.29 is 0 Å². The molecule has 0 saturated carbocycles. The average Bonchev–Trinajstić information content (AvgIpc) is 2.80. The van der Waals surface area contributed by atoms with Crippen molar-refractivity contribution in [2.75, 3.05) is 6.54 Å². The Bertz CT molecular complexity index is 565. The van der Waals surface area contributed by atoms with Crippen LogP contribution in [0.25, 0.3) is 0 Å². The van der Waals surface area contributed by atoms with Crippen LogP contribution in [0.5, 0.6) is 0 Å². The number of aromatic nitrogens is 1. The zero-order valence-electron chi connectivity index (χ0n) is 12.2. The lowest BCUT2D eigenvalue weighted by molar-refractivity contribution is 0.518. The minimum absolute atomic E-state index is 0.293. The van der Waals surface area contributed by atoms with Gasteiger partial charge in [-0.25, -0.2) is 0 Å². The van der Waals surface area contributed by atoms with Crippen molar-refractivity contribution in [2.24, 2.45) is 0 Å². The van der Waals surface area contributed by atoms with Crippen LogP contribution in [0.2, 0.25) is 0 Å². The lowest BCUT2D eigenvalue weighted by Crippen LogP contribution is -2.25. The highest BCUT2D eigenvalue weighted by atomic mass is 79.9. The van der Waals surface area contributed by atoms with Gasteiger partial charge >= 0.3 is 0 Å². The van der Waals surface area contributed by atoms with Crippen molar-refractivity contribution >= 4 is 27.3 Å². The van der Waals surface area contributed by atoms with Gasteiger partial charge in [-0.15, -0.1) is 11.3 Å². The van der Waals surface area contributed by atoms with Crippen LogP contribution in [0.15, 0.2) is 28.2 Å². The number of nitrogens with one attached hydrogen (secondary N) is 1. The summed E-state index contributed by atoms with van der Waals surface area (Å²) in [6, 6.07) is 6.82. The number of rotatable bonds is 6. The average molecular weight is 353 g/mol. The zero-order valence-corrected chi connectivity index (χ0v) is 14.6. The fourth-order valence-corrected chi connectivity index (χ4v) is 3.87. The molecule has 1 N–H and O–H groups in total. The fraction of sp³-hybridized carbons (Fsp3) is 0.438. The summed E-state index contributed by atoms with van der Waals surface area (Å²) in [6.07, 6.45) is 4.09. The van der Waals surface area contributed by atoms with Gasteiger partial charge in [-0.05, 0) is 66.0 Å². The molecule has 0 fully saturated rings. The molecule has 2 nitrogen and oxygen atoms in total. The van der Waals surface area contributed by atoms with Crippen LogP contribution in [0.3, 0.4) is 0 Å². The van der Waals surface area contributed by atoms with Gasteiger partial charge in [0.2, 0.25) is 0 Å². The summed E-state index contributed by atoms with van der Waals surface area (Å²) in [5.41, 5.74) is 3.67. The molecule has 0 saturated heterocycles. The van der Waals surface area contributed by atoms with E-state index in [2.05, 4.69) is 65.2 Å². The first-order valence-electron chi connectivity index (χ1n) is 7.01. The molecule has 0 aromatic carbocycles. The van der Waals surface area contributed by atoms with Gasteiger partial charge in [0.15, 0.2) is 0 Å². The first-order valence-corrected chi connectivity index (χ1v) is 8.62. The van der Waals surface area contributed by atoms with Crippen LogP contribution >= 0.6 is 27.3 Å². The number of hydrogen-bond donors (Lipinski definition) is 1. The van der Waals surface area contributed by atoms with E-state index in [9.17, 15) is 0 Å². The smallest absolute Gasteiger partial charge is 0.0701 e. The van der Waals surface area contributed by atoms with Crippen molar-refractivity contribution in [3.8, 4) is 0 Å². The van der Waals surface area contributed by atoms with Crippen molar-refractivity contribution in [3.05, 3.63) is 49.9 Å². The molecule has 4 heteroatoms. The van der Waals surface area contributed by atoms with Crippen molar-refractivity contribution in [2.45, 2.75) is 39.7 Å². The molecule has 0 aliphatic rings. The van der Waals surface area contributed by atoms with Gasteiger partial charge in [-0.1, -0.05) is 13.0 Å². The highest BCUT2D eigenvalue weighted by Gasteiger charge is 2.16. The Morgan fingerprint density at radius 2 is 2.15 bits per heavy atom. The van der Waals surface area contributed by atoms with Gasteiger partial charge in [0, 0.05) is 17.5 Å². The molecule has 2 aromatic heterocycles. The summed E-state index contributed by atoms with van der Waals surface area (Å²) in [6.45, 7) is 7.46. The normalized spacial score (nSPS) is 12.6. The van der Waals surface area contributed by atoms with Crippen molar-refractivity contribution in [1.29, 1.82) is 0 Å². The number of thiophene rings is 1. The molecule has 2 rings (SSSR count). The topological polar surface area (TPSA) is 24.9 Å². The lowest BCUT2D eigenvalue weighted by atomic mass is 10.0. The van der Waals surface area contributed by atoms with Gasteiger partial charge in [-0.2, -0.15) is 0 Å². The van der Waals surface area contributed by atoms with Crippen LogP contribution in [-0.2, 0) is 6.42 Å². The second-order valence-electron chi connectivity index (χ2n) is 5.13. The van der Waals surface area contributed by atoms with E-state index in [0.29, 0.717) is 6.04 Å². The number of hydrogen-bond acceptors (Lipinski definition) is 3. The number of aryl methyl sites for hydroxylation is 2. The second-order valence-corrected chi connectivity index (χ2v) is 7.68. The SMILES string of the molecule is CCCNC(Cc1ccc(Br)s1)c1ncc(C)cc1C. The fourth-order valence-electron chi connectivity index (χ4n) is 2.34. The maximum atomic E-state index is 4.66. The molecule has 108 valence electrons. The Hall–Kier alpha value is -0.710. The molecule has 1 atom stereocenters. The molecular weight excluding hydrogens is 332 g/mol. The van der Waals surface area contributed by atoms with Crippen LogP contribution in [0, 0.1) is 13.8 Å². The van der Waals surface area contributed by atoms with Crippen molar-refractivity contribution in [3.63, 3.8) is 0 Å². The highest BCUT2D eigenvalue weighted by molar-refractivity contribution is 9.11. The minimum Gasteiger partial charge on any atom is -0.308 e. The third kappa shape index (κ3) is 4.14. The monoisotopic (exact) mass is 352 g/mol. The Morgan fingerprint density at radius 3 is 2.75 bits per heavy atom. The quantitative estimate of drug-likeness (QED) is 0.806. The van der Waals surface area contributed by atoms with E-state index < -0.39 is 0 Å². The Kier molecular flexibility index (Phi) is 5.75. The van der Waals surface area contributed by atoms with Crippen molar-refractivity contribution in [1.82, 2.24) is 10.3 Å². The summed E-state index contributed by atoms with van der Waals surface area (Å²) in [7, 11) is 0. The third-order valence-electron chi connectivity index (χ3n) is 3.26. The molecule has 2 heterocycles. The number of pyridine rings is 1. The van der Waals surface area contributed by atoms with Gasteiger partial charge in [-0.3, -0.25) is 4.98 Å². The van der Waals surface area contributed by atoms with E-state index in [4.69, 9.17) is 0 Å². The second kappa shape index (κ2) is 7.34. The molecule has 2 aromatic rings. The van der Waals surface area contributed by atoms with Gasteiger partial charge in [0.05, 0.1) is 15.5 Å². The van der Waals surface area contributed by atoms with E-state index in [1.165, 1.54) is 25.5 Å². The van der Waals surface area contributed by atoms with Gasteiger partial charge < -0.3 is 5.32 Å². The predicted molar refractivity (Wildman–Crippen MR) is 90.5 cm³/mol. The number of halogens is 1. The van der Waals surface area contributed by atoms with Crippen LogP contribution in [0.1, 0.15) is 41.1 Å². The molecule has 0 radical (unpaired) electrons. The molecule has 0 aliphatic carbocycles. The van der Waals surface area contributed by atoms with E-state index in [1.54, 1.807) is 11.3 Å². The summed E-state index contributed by atoms with van der Waals surface area (Å²) in [4.78, 5) is 6.05. The van der Waals surface area contributed by atoms with Crippen LogP contribution in [-0.4, -0.2) is 11.5 Å². The Labute approximate surface area is 133 Å². The van der Waals surface area contributed by atoms with E-state index in [-0.39, 0.29) is 0 Å². The van der Waals surface area contributed by atoms with Crippen LogP contribution < -0.4 is 5.32 Å². The summed E-state index contributed by atoms with van der Waals surface area (Å²) < 4.78 is 1.19. The van der Waals surface area contributed by atoms with E-state index in [1.807, 2.05) is 6.20 Å². The summed E-state index contributed by atoms with van der Waals surface area (Å²) in [5, 5.41) is 3.63. The Morgan fingerprint density at radius 1 is 1.35 bits per heavy atom. The van der Waals surface area contributed by atoms with Gasteiger partial charge in [0.1, 0.15) is 0 Å². The lowest BCUT2D eigenvalue weighted by Gasteiger charge is -2.19. The molecule has 0 aliphatic heterocycles. The first kappa shape index (κ1) is 15.7. The zero-order chi connectivity index (χ0) is 14.5. The molecule has 0 bridgehead atoms.